The molecule has 0 aliphatic rings. The van der Waals surface area contributed by atoms with Gasteiger partial charge in [-0.25, -0.2) is 0 Å². The molecule has 1 N–H and O–H groups in total. The maximum Gasteiger partial charge on any atom is 0.150 e. The van der Waals surface area contributed by atoms with Gasteiger partial charge in [-0.2, -0.15) is 0 Å². The Bertz CT molecular complexity index is 341. The average molecular weight is 190 g/mol. The smallest absolute Gasteiger partial charge is 0.150 e. The largest absolute Gasteiger partial charge is 0.392 e. The molecular formula is C11H10O3. The van der Waals surface area contributed by atoms with E-state index in [-0.39, 0.29) is 6.61 Å². The zero-order valence-electron chi connectivity index (χ0n) is 7.51. The number of carbonyl (C=O) groups is 2. The van der Waals surface area contributed by atoms with E-state index in [1.54, 1.807) is 24.3 Å². The van der Waals surface area contributed by atoms with E-state index < -0.39 is 0 Å². The third kappa shape index (κ3) is 2.64. The normalized spacial score (nSPS) is 10.4. The molecule has 3 nitrogen and oxygen atoms in total. The maximum absolute atomic E-state index is 10.5. The minimum Gasteiger partial charge on any atom is -0.392 e. The zero-order valence-corrected chi connectivity index (χ0v) is 7.51. The van der Waals surface area contributed by atoms with E-state index in [0.29, 0.717) is 23.7 Å². The lowest BCUT2D eigenvalue weighted by molar-refractivity contribution is 0.112. The minimum atomic E-state index is -0.0677. The van der Waals surface area contributed by atoms with Gasteiger partial charge in [0.2, 0.25) is 0 Å². The monoisotopic (exact) mass is 190 g/mol. The van der Waals surface area contributed by atoms with Gasteiger partial charge >= 0.3 is 0 Å². The Morgan fingerprint density at radius 2 is 1.50 bits per heavy atom. The fraction of sp³-hybridized carbons (Fsp3) is 0.0909. The molecule has 14 heavy (non-hydrogen) atoms. The van der Waals surface area contributed by atoms with Gasteiger partial charge in [0.15, 0.2) is 0 Å². The molecule has 1 aromatic rings. The second-order valence-corrected chi connectivity index (χ2v) is 2.75. The van der Waals surface area contributed by atoms with Crippen LogP contribution in [0.15, 0.2) is 24.3 Å². The molecule has 0 unspecified atom stereocenters. The standard InChI is InChI=1S/C11H10O3/c12-3-1-2-9-4-10(7-13)6-11(5-9)8-14/h1-2,4-8,12H,3H2. The summed E-state index contributed by atoms with van der Waals surface area (Å²) in [6.45, 7) is -0.0677. The van der Waals surface area contributed by atoms with Gasteiger partial charge in [0.25, 0.3) is 0 Å². The first-order valence-corrected chi connectivity index (χ1v) is 4.13. The highest BCUT2D eigenvalue weighted by atomic mass is 16.2. The fourth-order valence-electron chi connectivity index (χ4n) is 1.12. The number of hydrogen-bond acceptors (Lipinski definition) is 3. The summed E-state index contributed by atoms with van der Waals surface area (Å²) in [5.74, 6) is 0. The van der Waals surface area contributed by atoms with Crippen molar-refractivity contribution in [3.63, 3.8) is 0 Å². The van der Waals surface area contributed by atoms with E-state index in [1.807, 2.05) is 0 Å². The number of aliphatic hydroxyl groups is 1. The molecule has 0 bridgehead atoms. The van der Waals surface area contributed by atoms with Crippen LogP contribution in [0.4, 0.5) is 0 Å². The second-order valence-electron chi connectivity index (χ2n) is 2.75. The molecule has 0 aromatic heterocycles. The summed E-state index contributed by atoms with van der Waals surface area (Å²) in [7, 11) is 0. The molecule has 0 atom stereocenters. The van der Waals surface area contributed by atoms with Crippen molar-refractivity contribution < 1.29 is 14.7 Å². The molecule has 0 heterocycles. The average Bonchev–Trinajstić information content (AvgIpc) is 2.25. The Morgan fingerprint density at radius 3 is 1.93 bits per heavy atom. The van der Waals surface area contributed by atoms with Crippen molar-refractivity contribution in [1.29, 1.82) is 0 Å². The highest BCUT2D eigenvalue weighted by Crippen LogP contribution is 2.09. The Balaban J connectivity index is 3.10. The molecule has 0 aliphatic carbocycles. The molecule has 0 spiro atoms. The lowest BCUT2D eigenvalue weighted by atomic mass is 10.1. The van der Waals surface area contributed by atoms with Crippen LogP contribution >= 0.6 is 0 Å². The summed E-state index contributed by atoms with van der Waals surface area (Å²) in [5, 5.41) is 8.55. The highest BCUT2D eigenvalue weighted by molar-refractivity contribution is 5.83. The zero-order chi connectivity index (χ0) is 10.4. The fourth-order valence-corrected chi connectivity index (χ4v) is 1.12. The summed E-state index contributed by atoms with van der Waals surface area (Å²) in [6.07, 6.45) is 4.56. The van der Waals surface area contributed by atoms with Gasteiger partial charge in [-0.05, 0) is 23.8 Å². The van der Waals surface area contributed by atoms with E-state index in [9.17, 15) is 9.59 Å². The van der Waals surface area contributed by atoms with Crippen LogP contribution in [-0.4, -0.2) is 24.3 Å². The van der Waals surface area contributed by atoms with Gasteiger partial charge in [-0.3, -0.25) is 9.59 Å². The van der Waals surface area contributed by atoms with Crippen LogP contribution in [0.25, 0.3) is 6.08 Å². The van der Waals surface area contributed by atoms with E-state index >= 15 is 0 Å². The van der Waals surface area contributed by atoms with Crippen molar-refractivity contribution in [3.05, 3.63) is 41.0 Å². The van der Waals surface area contributed by atoms with Gasteiger partial charge in [0.05, 0.1) is 6.61 Å². The number of aldehydes is 2. The Labute approximate surface area is 81.7 Å². The summed E-state index contributed by atoms with van der Waals surface area (Å²) >= 11 is 0. The number of benzene rings is 1. The van der Waals surface area contributed by atoms with Crippen LogP contribution in [0.2, 0.25) is 0 Å². The van der Waals surface area contributed by atoms with E-state index in [1.165, 1.54) is 6.07 Å². The molecule has 0 radical (unpaired) electrons. The van der Waals surface area contributed by atoms with E-state index in [4.69, 9.17) is 5.11 Å². The molecule has 72 valence electrons. The van der Waals surface area contributed by atoms with Crippen molar-refractivity contribution in [1.82, 2.24) is 0 Å². The molecule has 0 aliphatic heterocycles. The van der Waals surface area contributed by atoms with Gasteiger partial charge in [-0.1, -0.05) is 12.2 Å². The molecule has 3 heteroatoms. The Kier molecular flexibility index (Phi) is 3.76. The number of hydrogen-bond donors (Lipinski definition) is 1. The quantitative estimate of drug-likeness (QED) is 0.728. The highest BCUT2D eigenvalue weighted by Gasteiger charge is 1.97. The second kappa shape index (κ2) is 5.09. The van der Waals surface area contributed by atoms with Crippen molar-refractivity contribution in [2.45, 2.75) is 0 Å². The third-order valence-corrected chi connectivity index (χ3v) is 1.69. The summed E-state index contributed by atoms with van der Waals surface area (Å²) < 4.78 is 0. The van der Waals surface area contributed by atoms with Gasteiger partial charge in [0.1, 0.15) is 12.6 Å². The third-order valence-electron chi connectivity index (χ3n) is 1.69. The molecular weight excluding hydrogens is 180 g/mol. The van der Waals surface area contributed by atoms with E-state index in [2.05, 4.69) is 0 Å². The lowest BCUT2D eigenvalue weighted by Gasteiger charge is -1.97. The summed E-state index contributed by atoms with van der Waals surface area (Å²) in [5.41, 5.74) is 1.63. The molecule has 1 aromatic carbocycles. The molecule has 1 rings (SSSR count). The van der Waals surface area contributed by atoms with Crippen LogP contribution in [0.3, 0.4) is 0 Å². The topological polar surface area (TPSA) is 54.4 Å². The molecule has 0 saturated carbocycles. The van der Waals surface area contributed by atoms with Crippen molar-refractivity contribution in [3.8, 4) is 0 Å². The first-order valence-electron chi connectivity index (χ1n) is 4.13. The summed E-state index contributed by atoms with van der Waals surface area (Å²) in [4.78, 5) is 21.0. The van der Waals surface area contributed by atoms with Crippen molar-refractivity contribution in [2.24, 2.45) is 0 Å². The van der Waals surface area contributed by atoms with Crippen molar-refractivity contribution in [2.75, 3.05) is 6.61 Å². The van der Waals surface area contributed by atoms with Crippen LogP contribution < -0.4 is 0 Å². The Hall–Kier alpha value is -1.74. The van der Waals surface area contributed by atoms with Crippen LogP contribution in [0.1, 0.15) is 26.3 Å². The first kappa shape index (κ1) is 10.3. The number of rotatable bonds is 4. The van der Waals surface area contributed by atoms with Gasteiger partial charge in [0, 0.05) is 11.1 Å². The predicted molar refractivity (Wildman–Crippen MR) is 53.3 cm³/mol. The predicted octanol–water partition coefficient (Wildman–Crippen LogP) is 1.32. The number of aliphatic hydroxyl groups excluding tert-OH is 1. The molecule has 0 fully saturated rings. The van der Waals surface area contributed by atoms with Gasteiger partial charge < -0.3 is 5.11 Å². The van der Waals surface area contributed by atoms with Crippen LogP contribution in [-0.2, 0) is 0 Å². The van der Waals surface area contributed by atoms with E-state index in [0.717, 1.165) is 5.56 Å². The Morgan fingerprint density at radius 1 is 1.00 bits per heavy atom. The maximum atomic E-state index is 10.5. The van der Waals surface area contributed by atoms with Crippen LogP contribution in [0.5, 0.6) is 0 Å². The molecule has 0 saturated heterocycles. The van der Waals surface area contributed by atoms with Crippen LogP contribution in [0, 0.1) is 0 Å². The minimum absolute atomic E-state index is 0.0677. The lowest BCUT2D eigenvalue weighted by Crippen LogP contribution is -1.87. The summed E-state index contributed by atoms with van der Waals surface area (Å²) in [6, 6.07) is 4.80. The molecule has 0 amide bonds. The van der Waals surface area contributed by atoms with Crippen molar-refractivity contribution >= 4 is 18.6 Å². The SMILES string of the molecule is O=Cc1cc(C=O)cc(C=CCO)c1. The first-order chi connectivity index (χ1) is 6.80. The number of carbonyl (C=O) groups excluding carboxylic acids is 2. The van der Waals surface area contributed by atoms with Gasteiger partial charge in [-0.15, -0.1) is 0 Å².